The number of nitrogens with one attached hydrogen (secondary N) is 1. The fraction of sp³-hybridized carbons (Fsp3) is 0.529. The van der Waals surface area contributed by atoms with E-state index in [1.54, 1.807) is 7.05 Å². The number of aryl methyl sites for hydroxylation is 1. The van der Waals surface area contributed by atoms with E-state index in [2.05, 4.69) is 21.2 Å². The molecule has 0 heterocycles. The Morgan fingerprint density at radius 3 is 2.57 bits per heavy atom. The van der Waals surface area contributed by atoms with Gasteiger partial charge in [0.15, 0.2) is 0 Å². The first-order valence-corrected chi connectivity index (χ1v) is 8.73. The topological polar surface area (TPSA) is 75.4 Å². The lowest BCUT2D eigenvalue weighted by Crippen LogP contribution is -2.34. The van der Waals surface area contributed by atoms with Gasteiger partial charge in [-0.05, 0) is 50.1 Å². The van der Waals surface area contributed by atoms with E-state index in [0.29, 0.717) is 13.0 Å². The Hall–Kier alpha value is -1.40. The largest absolute Gasteiger partial charge is 0.336 e. The maximum absolute atomic E-state index is 12.0. The Morgan fingerprint density at radius 1 is 1.22 bits per heavy atom. The molecule has 0 aliphatic carbocycles. The standard InChI is InChI=1S/C17H26BrN3O2/c1-13-11-14(18)8-9-15(13)20-16(22)12-21(2)17(23)7-5-3-4-6-10-19/h8-9,11H,3-7,10,12,19H2,1-2H3,(H,20,22). The molecule has 0 unspecified atom stereocenters. The number of carbonyl (C=O) groups is 2. The van der Waals surface area contributed by atoms with Gasteiger partial charge >= 0.3 is 0 Å². The Kier molecular flexibility index (Phi) is 8.87. The number of hydrogen-bond donors (Lipinski definition) is 2. The molecule has 0 atom stereocenters. The minimum absolute atomic E-state index is 0.000395. The fourth-order valence-electron chi connectivity index (χ4n) is 2.23. The predicted molar refractivity (Wildman–Crippen MR) is 97.3 cm³/mol. The van der Waals surface area contributed by atoms with Crippen molar-refractivity contribution in [3.8, 4) is 0 Å². The molecular weight excluding hydrogens is 358 g/mol. The molecule has 1 rings (SSSR count). The molecule has 5 nitrogen and oxygen atoms in total. The van der Waals surface area contributed by atoms with Gasteiger partial charge in [0.1, 0.15) is 0 Å². The number of rotatable bonds is 9. The average Bonchev–Trinajstić information content (AvgIpc) is 2.49. The van der Waals surface area contributed by atoms with Crippen LogP contribution in [0.4, 0.5) is 5.69 Å². The minimum Gasteiger partial charge on any atom is -0.336 e. The van der Waals surface area contributed by atoms with E-state index in [1.165, 1.54) is 4.90 Å². The van der Waals surface area contributed by atoms with Gasteiger partial charge in [-0.3, -0.25) is 9.59 Å². The summed E-state index contributed by atoms with van der Waals surface area (Å²) in [6.07, 6.45) is 4.37. The average molecular weight is 384 g/mol. The van der Waals surface area contributed by atoms with Crippen LogP contribution in [0.25, 0.3) is 0 Å². The van der Waals surface area contributed by atoms with Crippen molar-refractivity contribution in [1.29, 1.82) is 0 Å². The Balaban J connectivity index is 2.36. The SMILES string of the molecule is Cc1cc(Br)ccc1NC(=O)CN(C)C(=O)CCCCCCN. The molecule has 0 radical (unpaired) electrons. The number of carbonyl (C=O) groups excluding carboxylic acids is 2. The van der Waals surface area contributed by atoms with E-state index in [-0.39, 0.29) is 18.4 Å². The number of benzene rings is 1. The highest BCUT2D eigenvalue weighted by Gasteiger charge is 2.13. The van der Waals surface area contributed by atoms with Crippen molar-refractivity contribution >= 4 is 33.4 Å². The fourth-order valence-corrected chi connectivity index (χ4v) is 2.70. The van der Waals surface area contributed by atoms with Gasteiger partial charge in [-0.2, -0.15) is 0 Å². The lowest BCUT2D eigenvalue weighted by atomic mass is 10.1. The molecule has 0 aliphatic rings. The summed E-state index contributed by atoms with van der Waals surface area (Å²) >= 11 is 3.39. The number of anilines is 1. The summed E-state index contributed by atoms with van der Waals surface area (Å²) in [6.45, 7) is 2.69. The molecule has 0 spiro atoms. The molecule has 0 aliphatic heterocycles. The van der Waals surface area contributed by atoms with Gasteiger partial charge in [0.25, 0.3) is 0 Å². The van der Waals surface area contributed by atoms with Gasteiger partial charge in [-0.15, -0.1) is 0 Å². The Morgan fingerprint density at radius 2 is 1.91 bits per heavy atom. The zero-order valence-corrected chi connectivity index (χ0v) is 15.5. The van der Waals surface area contributed by atoms with Crippen LogP contribution in [0.3, 0.4) is 0 Å². The molecule has 128 valence electrons. The number of amides is 2. The van der Waals surface area contributed by atoms with Gasteiger partial charge in [0.2, 0.25) is 11.8 Å². The van der Waals surface area contributed by atoms with Gasteiger partial charge in [-0.1, -0.05) is 28.8 Å². The molecule has 0 bridgehead atoms. The summed E-state index contributed by atoms with van der Waals surface area (Å²) in [7, 11) is 1.66. The van der Waals surface area contributed by atoms with Gasteiger partial charge in [0, 0.05) is 23.6 Å². The molecule has 0 saturated carbocycles. The van der Waals surface area contributed by atoms with Crippen LogP contribution in [0.2, 0.25) is 0 Å². The summed E-state index contributed by atoms with van der Waals surface area (Å²) in [5, 5.41) is 2.84. The monoisotopic (exact) mass is 383 g/mol. The van der Waals surface area contributed by atoms with Crippen LogP contribution in [0.1, 0.15) is 37.7 Å². The lowest BCUT2D eigenvalue weighted by Gasteiger charge is -2.17. The number of nitrogens with zero attached hydrogens (tertiary/aromatic N) is 1. The zero-order valence-electron chi connectivity index (χ0n) is 13.9. The smallest absolute Gasteiger partial charge is 0.243 e. The van der Waals surface area contributed by atoms with Crippen LogP contribution in [0.5, 0.6) is 0 Å². The highest BCUT2D eigenvalue weighted by atomic mass is 79.9. The summed E-state index contributed by atoms with van der Waals surface area (Å²) in [5.74, 6) is -0.185. The number of nitrogens with two attached hydrogens (primary N) is 1. The first-order valence-electron chi connectivity index (χ1n) is 7.94. The zero-order chi connectivity index (χ0) is 17.2. The molecule has 3 N–H and O–H groups in total. The molecule has 1 aromatic rings. The minimum atomic E-state index is -0.186. The molecule has 0 aromatic heterocycles. The highest BCUT2D eigenvalue weighted by Crippen LogP contribution is 2.19. The quantitative estimate of drug-likeness (QED) is 0.643. The van der Waals surface area contributed by atoms with Crippen molar-refractivity contribution in [1.82, 2.24) is 4.90 Å². The lowest BCUT2D eigenvalue weighted by molar-refractivity contribution is -0.133. The van der Waals surface area contributed by atoms with Crippen molar-refractivity contribution in [3.05, 3.63) is 28.2 Å². The van der Waals surface area contributed by atoms with Crippen LogP contribution in [-0.4, -0.2) is 36.9 Å². The first-order chi connectivity index (χ1) is 10.9. The number of halogens is 1. The van der Waals surface area contributed by atoms with Crippen molar-refractivity contribution < 1.29 is 9.59 Å². The molecular formula is C17H26BrN3O2. The third kappa shape index (κ3) is 7.61. The molecule has 6 heteroatoms. The number of likely N-dealkylation sites (N-methyl/N-ethyl adjacent to an activating group) is 1. The summed E-state index contributed by atoms with van der Waals surface area (Å²) in [5.41, 5.74) is 7.17. The summed E-state index contributed by atoms with van der Waals surface area (Å²) in [6, 6.07) is 5.65. The van der Waals surface area contributed by atoms with E-state index in [9.17, 15) is 9.59 Å². The van der Waals surface area contributed by atoms with Crippen LogP contribution in [0, 0.1) is 6.92 Å². The number of unbranched alkanes of at least 4 members (excludes halogenated alkanes) is 3. The number of hydrogen-bond acceptors (Lipinski definition) is 3. The molecule has 23 heavy (non-hydrogen) atoms. The van der Waals surface area contributed by atoms with Gasteiger partial charge in [0.05, 0.1) is 6.54 Å². The van der Waals surface area contributed by atoms with Crippen molar-refractivity contribution in [2.45, 2.75) is 39.0 Å². The van der Waals surface area contributed by atoms with Crippen molar-refractivity contribution in [2.24, 2.45) is 5.73 Å². The molecule has 0 saturated heterocycles. The molecule has 1 aromatic carbocycles. The second-order valence-corrected chi connectivity index (χ2v) is 6.63. The second-order valence-electron chi connectivity index (χ2n) is 5.71. The van der Waals surface area contributed by atoms with E-state index in [0.717, 1.165) is 41.4 Å². The Labute approximate surface area is 146 Å². The third-order valence-electron chi connectivity index (χ3n) is 3.61. The van der Waals surface area contributed by atoms with E-state index >= 15 is 0 Å². The maximum atomic E-state index is 12.0. The second kappa shape index (κ2) is 10.4. The van der Waals surface area contributed by atoms with Crippen LogP contribution in [-0.2, 0) is 9.59 Å². The van der Waals surface area contributed by atoms with Crippen molar-refractivity contribution in [3.63, 3.8) is 0 Å². The van der Waals surface area contributed by atoms with Crippen LogP contribution >= 0.6 is 15.9 Å². The molecule has 0 fully saturated rings. The van der Waals surface area contributed by atoms with E-state index in [4.69, 9.17) is 5.73 Å². The van der Waals surface area contributed by atoms with Crippen LogP contribution < -0.4 is 11.1 Å². The van der Waals surface area contributed by atoms with Gasteiger partial charge < -0.3 is 16.0 Å². The summed E-state index contributed by atoms with van der Waals surface area (Å²) < 4.78 is 0.968. The molecule has 2 amide bonds. The Bertz CT molecular complexity index is 535. The summed E-state index contributed by atoms with van der Waals surface area (Å²) in [4.78, 5) is 25.5. The highest BCUT2D eigenvalue weighted by molar-refractivity contribution is 9.10. The van der Waals surface area contributed by atoms with Crippen LogP contribution in [0.15, 0.2) is 22.7 Å². The third-order valence-corrected chi connectivity index (χ3v) is 4.11. The van der Waals surface area contributed by atoms with E-state index in [1.807, 2.05) is 25.1 Å². The van der Waals surface area contributed by atoms with E-state index < -0.39 is 0 Å². The van der Waals surface area contributed by atoms with Crippen molar-refractivity contribution in [2.75, 3.05) is 25.5 Å². The normalized spacial score (nSPS) is 10.4. The predicted octanol–water partition coefficient (Wildman–Crippen LogP) is 3.06. The maximum Gasteiger partial charge on any atom is 0.243 e. The first kappa shape index (κ1) is 19.6. The van der Waals surface area contributed by atoms with Gasteiger partial charge in [-0.25, -0.2) is 0 Å².